The number of benzene rings is 3. The highest BCUT2D eigenvalue weighted by molar-refractivity contribution is 5.92. The third-order valence-electron chi connectivity index (χ3n) is 8.58. The summed E-state index contributed by atoms with van der Waals surface area (Å²) in [5.41, 5.74) is 5.93. The van der Waals surface area contributed by atoms with Gasteiger partial charge in [-0.1, -0.05) is 63.2 Å². The Morgan fingerprint density at radius 1 is 1.02 bits per heavy atom. The van der Waals surface area contributed by atoms with Crippen LogP contribution >= 0.6 is 0 Å². The minimum absolute atomic E-state index is 0.0901. The number of fused-ring (bicyclic) bond motifs is 1. The molecule has 220 valence electrons. The molecule has 7 heteroatoms. The van der Waals surface area contributed by atoms with Crippen molar-refractivity contribution < 1.29 is 14.3 Å². The van der Waals surface area contributed by atoms with E-state index in [-0.39, 0.29) is 12.2 Å². The van der Waals surface area contributed by atoms with Crippen molar-refractivity contribution in [2.24, 2.45) is 11.8 Å². The fraction of sp³-hybridized carbons (Fsp3) is 0.400. The molecule has 0 unspecified atom stereocenters. The summed E-state index contributed by atoms with van der Waals surface area (Å²) < 4.78 is 7.91. The molecule has 1 saturated heterocycles. The van der Waals surface area contributed by atoms with Gasteiger partial charge in [-0.25, -0.2) is 4.79 Å². The molecule has 42 heavy (non-hydrogen) atoms. The van der Waals surface area contributed by atoms with Crippen molar-refractivity contribution in [2.75, 3.05) is 25.0 Å². The number of aromatic nitrogens is 2. The lowest BCUT2D eigenvalue weighted by Crippen LogP contribution is -2.39. The predicted molar refractivity (Wildman–Crippen MR) is 169 cm³/mol. The fourth-order valence-electron chi connectivity index (χ4n) is 5.75. The number of piperidine rings is 1. The van der Waals surface area contributed by atoms with E-state index in [9.17, 15) is 9.59 Å². The molecule has 2 heterocycles. The summed E-state index contributed by atoms with van der Waals surface area (Å²) in [6.07, 6.45) is 5.78. The Balaban J connectivity index is 1.13. The molecule has 0 spiro atoms. The molecule has 5 rings (SSSR count). The number of likely N-dealkylation sites (tertiary alicyclic amines) is 1. The number of hydrogen-bond acceptors (Lipinski definition) is 5. The van der Waals surface area contributed by atoms with Gasteiger partial charge in [-0.2, -0.15) is 5.10 Å². The van der Waals surface area contributed by atoms with Gasteiger partial charge in [-0.05, 0) is 79.5 Å². The molecular formula is C35H42N4O3. The van der Waals surface area contributed by atoms with E-state index < -0.39 is 0 Å². The summed E-state index contributed by atoms with van der Waals surface area (Å²) in [7, 11) is 0. The lowest BCUT2D eigenvalue weighted by atomic mass is 9.87. The molecule has 1 aromatic heterocycles. The lowest BCUT2D eigenvalue weighted by molar-refractivity contribution is 0.0583. The fourth-order valence-corrected chi connectivity index (χ4v) is 5.75. The Morgan fingerprint density at radius 2 is 1.81 bits per heavy atom. The highest BCUT2D eigenvalue weighted by Crippen LogP contribution is 2.34. The number of nitrogens with one attached hydrogen (secondary N) is 1. The monoisotopic (exact) mass is 566 g/mol. The van der Waals surface area contributed by atoms with Gasteiger partial charge >= 0.3 is 6.09 Å². The number of hydrogen-bond donors (Lipinski definition) is 1. The first-order valence-electron chi connectivity index (χ1n) is 15.2. The van der Waals surface area contributed by atoms with Crippen LogP contribution in [0.25, 0.3) is 22.0 Å². The second kappa shape index (κ2) is 13.8. The van der Waals surface area contributed by atoms with Crippen LogP contribution in [0.3, 0.4) is 0 Å². The highest BCUT2D eigenvalue weighted by Gasteiger charge is 2.23. The van der Waals surface area contributed by atoms with Crippen LogP contribution in [0, 0.1) is 11.8 Å². The Morgan fingerprint density at radius 3 is 2.55 bits per heavy atom. The number of amides is 1. The zero-order chi connectivity index (χ0) is 29.5. The van der Waals surface area contributed by atoms with E-state index in [4.69, 9.17) is 4.74 Å². The van der Waals surface area contributed by atoms with Crippen LogP contribution in [0.1, 0.15) is 56.0 Å². The summed E-state index contributed by atoms with van der Waals surface area (Å²) in [5.74, 6) is 1.10. The maximum absolute atomic E-state index is 13.1. The molecule has 1 aliphatic heterocycles. The Hall–Kier alpha value is -3.97. The SMILES string of the molecule is CC(C)[C@H](C)Cc1cccc(NC(=O)OC2CCN(CCCn3ncc4cc(C=O)ccc43)CC2)c1-c1ccccc1. The summed E-state index contributed by atoms with van der Waals surface area (Å²) in [6, 6.07) is 22.1. The van der Waals surface area contributed by atoms with Gasteiger partial charge in [-0.15, -0.1) is 0 Å². The van der Waals surface area contributed by atoms with Crippen LogP contribution in [-0.4, -0.2) is 52.8 Å². The number of anilines is 1. The number of aldehydes is 1. The molecule has 4 aromatic rings. The second-order valence-corrected chi connectivity index (χ2v) is 11.9. The Labute approximate surface area is 248 Å². The van der Waals surface area contributed by atoms with Crippen molar-refractivity contribution in [2.45, 2.75) is 59.1 Å². The van der Waals surface area contributed by atoms with Gasteiger partial charge in [0.15, 0.2) is 0 Å². The van der Waals surface area contributed by atoms with E-state index in [1.807, 2.05) is 59.4 Å². The van der Waals surface area contributed by atoms with Gasteiger partial charge in [0.1, 0.15) is 12.4 Å². The third kappa shape index (κ3) is 7.26. The molecular weight excluding hydrogens is 524 g/mol. The summed E-state index contributed by atoms with van der Waals surface area (Å²) >= 11 is 0. The molecule has 7 nitrogen and oxygen atoms in total. The van der Waals surface area contributed by atoms with Gasteiger partial charge in [0.25, 0.3) is 0 Å². The van der Waals surface area contributed by atoms with Crippen LogP contribution < -0.4 is 5.32 Å². The molecule has 0 saturated carbocycles. The smallest absolute Gasteiger partial charge is 0.411 e. The van der Waals surface area contributed by atoms with Crippen LogP contribution in [0.4, 0.5) is 10.5 Å². The number of ether oxygens (including phenoxy) is 1. The van der Waals surface area contributed by atoms with Crippen molar-refractivity contribution in [3.63, 3.8) is 0 Å². The van der Waals surface area contributed by atoms with Gasteiger partial charge in [0.2, 0.25) is 0 Å². The molecule has 0 radical (unpaired) electrons. The summed E-state index contributed by atoms with van der Waals surface area (Å²) in [4.78, 5) is 26.5. The molecule has 1 N–H and O–H groups in total. The van der Waals surface area contributed by atoms with E-state index in [1.54, 1.807) is 0 Å². The molecule has 1 atom stereocenters. The van der Waals surface area contributed by atoms with Crippen LogP contribution in [0.5, 0.6) is 0 Å². The highest BCUT2D eigenvalue weighted by atomic mass is 16.6. The van der Waals surface area contributed by atoms with Crippen molar-refractivity contribution in [3.05, 3.63) is 84.1 Å². The van der Waals surface area contributed by atoms with E-state index in [1.165, 1.54) is 5.56 Å². The number of rotatable bonds is 11. The predicted octanol–water partition coefficient (Wildman–Crippen LogP) is 7.45. The largest absolute Gasteiger partial charge is 0.446 e. The zero-order valence-corrected chi connectivity index (χ0v) is 25.0. The first-order chi connectivity index (χ1) is 20.4. The normalized spacial score (nSPS) is 15.1. The molecule has 3 aromatic carbocycles. The first-order valence-corrected chi connectivity index (χ1v) is 15.2. The minimum atomic E-state index is -0.386. The summed E-state index contributed by atoms with van der Waals surface area (Å²) in [5, 5.41) is 8.57. The first kappa shape index (κ1) is 29.5. The van der Waals surface area contributed by atoms with E-state index in [0.717, 1.165) is 85.9 Å². The minimum Gasteiger partial charge on any atom is -0.446 e. The van der Waals surface area contributed by atoms with Gasteiger partial charge < -0.3 is 9.64 Å². The van der Waals surface area contributed by atoms with Crippen molar-refractivity contribution >= 4 is 29.0 Å². The molecule has 1 fully saturated rings. The molecule has 1 amide bonds. The van der Waals surface area contributed by atoms with Crippen molar-refractivity contribution in [1.82, 2.24) is 14.7 Å². The van der Waals surface area contributed by atoms with Crippen molar-refractivity contribution in [1.29, 1.82) is 0 Å². The van der Waals surface area contributed by atoms with Gasteiger partial charge in [-0.3, -0.25) is 14.8 Å². The van der Waals surface area contributed by atoms with Crippen molar-refractivity contribution in [3.8, 4) is 11.1 Å². The summed E-state index contributed by atoms with van der Waals surface area (Å²) in [6.45, 7) is 10.4. The van der Waals surface area contributed by atoms with E-state index in [0.29, 0.717) is 17.4 Å². The molecule has 0 bridgehead atoms. The standard InChI is InChI=1S/C35H42N4O3/c1-25(2)26(3)21-29-11-7-12-32(34(29)28-9-5-4-6-10-28)37-35(41)42-31-15-19-38(20-16-31)17-8-18-39-33-14-13-27(24-40)22-30(33)23-36-39/h4-7,9-14,22-26,31H,8,15-21H2,1-3H3,(H,37,41)/t26-/m1/s1. The number of carbonyl (C=O) groups excluding carboxylic acids is 2. The maximum Gasteiger partial charge on any atom is 0.411 e. The number of nitrogens with zero attached hydrogens (tertiary/aromatic N) is 3. The van der Waals surface area contributed by atoms with Crippen LogP contribution in [0.15, 0.2) is 72.9 Å². The van der Waals surface area contributed by atoms with Gasteiger partial charge in [0, 0.05) is 36.1 Å². The zero-order valence-electron chi connectivity index (χ0n) is 25.0. The van der Waals surface area contributed by atoms with Crippen LogP contribution in [-0.2, 0) is 17.7 Å². The van der Waals surface area contributed by atoms with E-state index >= 15 is 0 Å². The lowest BCUT2D eigenvalue weighted by Gasteiger charge is -2.31. The number of carbonyl (C=O) groups is 2. The average molecular weight is 567 g/mol. The van der Waals surface area contributed by atoms with Crippen LogP contribution in [0.2, 0.25) is 0 Å². The molecule has 1 aliphatic rings. The second-order valence-electron chi connectivity index (χ2n) is 11.9. The topological polar surface area (TPSA) is 76.5 Å². The maximum atomic E-state index is 13.1. The average Bonchev–Trinajstić information content (AvgIpc) is 3.40. The quantitative estimate of drug-likeness (QED) is 0.191. The molecule has 0 aliphatic carbocycles. The Kier molecular flexibility index (Phi) is 9.70. The van der Waals surface area contributed by atoms with E-state index in [2.05, 4.69) is 54.3 Å². The van der Waals surface area contributed by atoms with Gasteiger partial charge in [0.05, 0.1) is 17.4 Å². The number of aryl methyl sites for hydroxylation is 1. The third-order valence-corrected chi connectivity index (χ3v) is 8.58. The Bertz CT molecular complexity index is 1490.